The van der Waals surface area contributed by atoms with Crippen molar-refractivity contribution in [2.45, 2.75) is 385 Å². The zero-order chi connectivity index (χ0) is 57.1. The standard InChI is InChI=1S/2C7H16.3C6H14.4C5H12.2C4H10.2C3H8/c1-6(2)7(3,4)5;1-3-5-7-6-4-2;1-5-6(2,3)4;1-5(2)6(3)4;1-3-5-6-4-2;1-5(2,3)4;2*1-4-5(2)3;1-3-5-4-2;1-4(2)3;1-3-4-2;2*1-3-2/h6H,1-5H3;3-7H2,1-2H3;5H2,1-4H3;5-6H,1-4H3;3-6H2,1-2H3;1-4H3;2*5H,4H2,1-3H3;3-5H2,1-2H3;4H,1-3H3;3-4H2,1-2H3;2*3H2,1-2H3/i;;;;;;;;;;;1D;. The van der Waals surface area contributed by atoms with E-state index in [1.807, 2.05) is 6.92 Å². The summed E-state index contributed by atoms with van der Waals surface area (Å²) in [6.45, 7) is 82.3. The van der Waals surface area contributed by atoms with Crippen molar-refractivity contribution in [2.75, 3.05) is 0 Å². The average Bonchev–Trinajstić information content (AvgIpc) is 3.21. The van der Waals surface area contributed by atoms with Crippen molar-refractivity contribution < 1.29 is 1.37 Å². The summed E-state index contributed by atoms with van der Waals surface area (Å²) in [5, 5.41) is 0. The van der Waals surface area contributed by atoms with E-state index in [1.165, 1.54) is 116 Å². The molecule has 422 valence electrons. The first-order chi connectivity index (χ1) is 30.4. The van der Waals surface area contributed by atoms with Crippen LogP contribution in [0.1, 0.15) is 386 Å². The molecule has 0 radical (unpaired) electrons. The fraction of sp³-hybridized carbons (Fsp3) is 1.00. The molecular weight excluding hydrogens is 793 g/mol. The van der Waals surface area contributed by atoms with E-state index in [2.05, 4.69) is 249 Å². The molecule has 0 aliphatic rings. The fourth-order valence-electron chi connectivity index (χ4n) is 1.53. The lowest BCUT2D eigenvalue weighted by Crippen LogP contribution is -2.12. The van der Waals surface area contributed by atoms with Crippen LogP contribution in [0.2, 0.25) is 0 Å². The van der Waals surface area contributed by atoms with Crippen LogP contribution in [0.4, 0.5) is 0 Å². The van der Waals surface area contributed by atoms with E-state index >= 15 is 0 Å². The van der Waals surface area contributed by atoms with Crippen molar-refractivity contribution >= 4 is 0 Å². The predicted octanol–water partition coefficient (Wildman–Crippen LogP) is 27.6. The number of hydrogen-bond acceptors (Lipinski definition) is 0. The summed E-state index contributed by atoms with van der Waals surface area (Å²) in [6, 6.07) is 0. The molecule has 0 aromatic rings. The Morgan fingerprint density at radius 2 is 0.485 bits per heavy atom. The Bertz CT molecular complexity index is 577. The Balaban J connectivity index is -0.0000000431. The average molecular weight is 953 g/mol. The van der Waals surface area contributed by atoms with E-state index in [4.69, 9.17) is 1.37 Å². The molecule has 0 N–H and O–H groups in total. The van der Waals surface area contributed by atoms with Crippen LogP contribution in [0.5, 0.6) is 0 Å². The third-order valence-electron chi connectivity index (χ3n) is 9.13. The van der Waals surface area contributed by atoms with Gasteiger partial charge in [-0.15, -0.1) is 0 Å². The molecule has 0 aromatic carbocycles. The summed E-state index contributed by atoms with van der Waals surface area (Å²) in [5.41, 5.74) is 1.54. The molecule has 0 heteroatoms. The fourth-order valence-corrected chi connectivity index (χ4v) is 1.53. The number of unbranched alkanes of at least 4 members (excludes halogenated alkanes) is 10. The van der Waals surface area contributed by atoms with Gasteiger partial charge >= 0.3 is 0 Å². The van der Waals surface area contributed by atoms with Crippen molar-refractivity contribution in [3.8, 4) is 0 Å². The van der Waals surface area contributed by atoms with Gasteiger partial charge in [-0.05, 0) is 51.8 Å². The smallest absolute Gasteiger partial charge is 0.0230 e. The Labute approximate surface area is 436 Å². The van der Waals surface area contributed by atoms with Crippen LogP contribution in [0, 0.1) is 51.8 Å². The van der Waals surface area contributed by atoms with E-state index in [9.17, 15) is 0 Å². The molecule has 0 unspecified atom stereocenters. The summed E-state index contributed by atoms with van der Waals surface area (Å²) in [4.78, 5) is 0. The lowest BCUT2D eigenvalue weighted by molar-refractivity contribution is 0.283. The Hall–Kier alpha value is 0. The molecule has 0 spiro atoms. The van der Waals surface area contributed by atoms with Crippen LogP contribution in [0.25, 0.3) is 0 Å². The monoisotopic (exact) mass is 952 g/mol. The van der Waals surface area contributed by atoms with Gasteiger partial charge < -0.3 is 0 Å². The summed E-state index contributed by atoms with van der Waals surface area (Å²) in [5.74, 6) is 5.10. The van der Waals surface area contributed by atoms with Gasteiger partial charge in [0.15, 0.2) is 0 Å². The van der Waals surface area contributed by atoms with Gasteiger partial charge in [0.05, 0.1) is 0 Å². The van der Waals surface area contributed by atoms with Gasteiger partial charge in [0.25, 0.3) is 0 Å². The Kier molecular flexibility index (Phi) is 128. The van der Waals surface area contributed by atoms with Crippen LogP contribution >= 0.6 is 0 Å². The van der Waals surface area contributed by atoms with E-state index < -0.39 is 0 Å². The molecular formula is C66H158. The van der Waals surface area contributed by atoms with E-state index in [-0.39, 0.29) is 0 Å². The minimum atomic E-state index is 0.500. The minimum absolute atomic E-state index is 0.500. The van der Waals surface area contributed by atoms with Gasteiger partial charge in [-0.1, -0.05) is 385 Å². The zero-order valence-electron chi connectivity index (χ0n) is 57.1. The van der Waals surface area contributed by atoms with E-state index in [0.29, 0.717) is 23.1 Å². The van der Waals surface area contributed by atoms with Gasteiger partial charge in [0.2, 0.25) is 0 Å². The largest absolute Gasteiger partial charge is 0.0656 e. The summed E-state index contributed by atoms with van der Waals surface area (Å²) >= 11 is 0. The molecule has 0 aliphatic heterocycles. The second-order valence-corrected chi connectivity index (χ2v) is 24.6. The minimum Gasteiger partial charge on any atom is -0.0656 e. The third-order valence-corrected chi connectivity index (χ3v) is 9.13. The maximum absolute atomic E-state index is 6.45. The second-order valence-electron chi connectivity index (χ2n) is 24.6. The molecule has 66 heavy (non-hydrogen) atoms. The van der Waals surface area contributed by atoms with Crippen LogP contribution in [0.3, 0.4) is 0 Å². The molecule has 0 amide bonds. The maximum Gasteiger partial charge on any atom is 0.0230 e. The van der Waals surface area contributed by atoms with Gasteiger partial charge in [-0.25, -0.2) is 0 Å². The van der Waals surface area contributed by atoms with Crippen molar-refractivity contribution in [3.05, 3.63) is 0 Å². The van der Waals surface area contributed by atoms with Crippen molar-refractivity contribution in [3.63, 3.8) is 0 Å². The van der Waals surface area contributed by atoms with Crippen molar-refractivity contribution in [1.82, 2.24) is 0 Å². The normalized spacial score (nSPS) is 10.0. The van der Waals surface area contributed by atoms with Gasteiger partial charge in [-0.2, -0.15) is 0 Å². The highest BCUT2D eigenvalue weighted by atomic mass is 14.2. The topological polar surface area (TPSA) is 0 Å². The van der Waals surface area contributed by atoms with E-state index in [1.54, 1.807) is 0 Å². The second kappa shape index (κ2) is 88.0. The van der Waals surface area contributed by atoms with Gasteiger partial charge in [0, 0.05) is 1.37 Å². The molecule has 0 fully saturated rings. The zero-order valence-corrected chi connectivity index (χ0v) is 56.1. The molecule has 0 atom stereocenters. The lowest BCUT2D eigenvalue weighted by Gasteiger charge is -2.22. The predicted molar refractivity (Wildman–Crippen MR) is 332 cm³/mol. The molecule has 0 rings (SSSR count). The molecule has 0 nitrogen and oxygen atoms in total. The first-order valence-corrected chi connectivity index (χ1v) is 29.7. The highest BCUT2D eigenvalue weighted by Gasteiger charge is 2.13. The first kappa shape index (κ1) is 95.6. The van der Waals surface area contributed by atoms with Gasteiger partial charge in [-0.3, -0.25) is 0 Å². The van der Waals surface area contributed by atoms with Crippen molar-refractivity contribution in [1.29, 1.82) is 0 Å². The molecule has 0 aliphatic carbocycles. The highest BCUT2D eigenvalue weighted by molar-refractivity contribution is 4.64. The molecule has 0 bridgehead atoms. The highest BCUT2D eigenvalue weighted by Crippen LogP contribution is 2.23. The lowest BCUT2D eigenvalue weighted by atomic mass is 9.84. The quantitative estimate of drug-likeness (QED) is 0.161. The summed E-state index contributed by atoms with van der Waals surface area (Å²) in [6.07, 6.45) is 25.4. The van der Waals surface area contributed by atoms with Crippen molar-refractivity contribution in [2.24, 2.45) is 51.8 Å². The Morgan fingerprint density at radius 1 is 0.333 bits per heavy atom. The number of rotatable bonds is 13. The number of hydrogen-bond donors (Lipinski definition) is 0. The first-order valence-electron chi connectivity index (χ1n) is 30.4. The van der Waals surface area contributed by atoms with E-state index in [0.717, 1.165) is 41.9 Å². The van der Waals surface area contributed by atoms with Crippen LogP contribution < -0.4 is 0 Å². The summed E-state index contributed by atoms with van der Waals surface area (Å²) < 4.78 is 6.45. The molecule has 0 saturated heterocycles. The van der Waals surface area contributed by atoms with Crippen LogP contribution in [-0.2, 0) is 0 Å². The van der Waals surface area contributed by atoms with Crippen LogP contribution in [0.15, 0.2) is 0 Å². The molecule has 0 heterocycles. The molecule has 0 aromatic heterocycles. The third kappa shape index (κ3) is 348. The van der Waals surface area contributed by atoms with Gasteiger partial charge in [0.1, 0.15) is 0 Å². The maximum atomic E-state index is 6.45. The summed E-state index contributed by atoms with van der Waals surface area (Å²) in [7, 11) is 0. The Morgan fingerprint density at radius 3 is 0.530 bits per heavy atom. The van der Waals surface area contributed by atoms with Crippen LogP contribution in [-0.4, -0.2) is 0 Å². The SMILES string of the molecule is CC(C)(C)C.CC(C)C.CC(C)C(C)(C)C.CC(C)C(C)C.CCC.CCC(C)(C)C.CCC(C)C.CCC(C)C.CCCC.CCCCC.CCCCCC.CCCCCCC.[2H]CCC. The molecule has 0 saturated carbocycles.